The zero-order valence-electron chi connectivity index (χ0n) is 15.1. The van der Waals surface area contributed by atoms with E-state index in [2.05, 4.69) is 0 Å². The highest BCUT2D eigenvalue weighted by atomic mass is 35.5. The van der Waals surface area contributed by atoms with E-state index in [1.807, 2.05) is 31.2 Å². The van der Waals surface area contributed by atoms with Crippen LogP contribution in [-0.2, 0) is 17.9 Å². The first-order valence-corrected chi connectivity index (χ1v) is 8.88. The summed E-state index contributed by atoms with van der Waals surface area (Å²) in [4.78, 5) is 37.0. The van der Waals surface area contributed by atoms with Crippen molar-refractivity contribution in [3.8, 4) is 11.3 Å². The maximum atomic E-state index is 13.0. The maximum absolute atomic E-state index is 13.0. The number of ketones is 1. The summed E-state index contributed by atoms with van der Waals surface area (Å²) >= 11 is 5.96. The molecule has 0 aliphatic heterocycles. The van der Waals surface area contributed by atoms with Gasteiger partial charge in [0.25, 0.3) is 5.56 Å². The average molecular weight is 383 g/mol. The predicted molar refractivity (Wildman–Crippen MR) is 106 cm³/mol. The molecule has 0 N–H and O–H groups in total. The predicted octanol–water partition coefficient (Wildman–Crippen LogP) is 3.28. The second-order valence-corrected chi connectivity index (χ2v) is 6.95. The van der Waals surface area contributed by atoms with Gasteiger partial charge in [-0.05, 0) is 37.1 Å². The number of benzene rings is 2. The van der Waals surface area contributed by atoms with Gasteiger partial charge in [0.1, 0.15) is 5.78 Å². The van der Waals surface area contributed by atoms with E-state index in [4.69, 9.17) is 11.6 Å². The minimum atomic E-state index is -0.511. The Balaban J connectivity index is 2.20. The molecule has 138 valence electrons. The molecule has 0 bridgehead atoms. The molecule has 0 fully saturated rings. The Morgan fingerprint density at radius 2 is 1.59 bits per heavy atom. The lowest BCUT2D eigenvalue weighted by molar-refractivity contribution is -0.117. The van der Waals surface area contributed by atoms with Crippen LogP contribution in [0.15, 0.2) is 64.2 Å². The SMILES string of the molecule is CC(=O)Cn1c(=O)cc(-c2ccc(Cl)cc2)n(Cc2ccc(C)cc2)c1=O. The molecule has 3 aromatic rings. The zero-order chi connectivity index (χ0) is 19.6. The van der Waals surface area contributed by atoms with Gasteiger partial charge in [-0.2, -0.15) is 0 Å². The molecule has 0 spiro atoms. The van der Waals surface area contributed by atoms with E-state index in [1.165, 1.54) is 17.6 Å². The number of halogens is 1. The Kier molecular flexibility index (Phi) is 5.42. The van der Waals surface area contributed by atoms with Gasteiger partial charge in [-0.15, -0.1) is 0 Å². The lowest BCUT2D eigenvalue weighted by Gasteiger charge is -2.15. The molecule has 0 saturated carbocycles. The summed E-state index contributed by atoms with van der Waals surface area (Å²) in [6, 6.07) is 16.1. The van der Waals surface area contributed by atoms with E-state index in [9.17, 15) is 14.4 Å². The van der Waals surface area contributed by atoms with Gasteiger partial charge in [-0.1, -0.05) is 53.6 Å². The van der Waals surface area contributed by atoms with Crippen molar-refractivity contribution in [2.75, 3.05) is 0 Å². The summed E-state index contributed by atoms with van der Waals surface area (Å²) in [5.41, 5.74) is 2.22. The summed E-state index contributed by atoms with van der Waals surface area (Å²) in [5, 5.41) is 0.566. The summed E-state index contributed by atoms with van der Waals surface area (Å²) < 4.78 is 2.48. The largest absolute Gasteiger partial charge is 0.332 e. The van der Waals surface area contributed by atoms with Crippen LogP contribution in [-0.4, -0.2) is 14.9 Å². The van der Waals surface area contributed by atoms with Gasteiger partial charge in [0.15, 0.2) is 0 Å². The van der Waals surface area contributed by atoms with Crippen LogP contribution >= 0.6 is 11.6 Å². The number of carbonyl (C=O) groups is 1. The highest BCUT2D eigenvalue weighted by Crippen LogP contribution is 2.20. The highest BCUT2D eigenvalue weighted by Gasteiger charge is 2.14. The van der Waals surface area contributed by atoms with Crippen molar-refractivity contribution in [1.29, 1.82) is 0 Å². The third-order valence-corrected chi connectivity index (χ3v) is 4.51. The lowest BCUT2D eigenvalue weighted by atomic mass is 10.1. The molecule has 6 heteroatoms. The fourth-order valence-corrected chi connectivity index (χ4v) is 3.00. The molecule has 5 nitrogen and oxygen atoms in total. The Hall–Kier alpha value is -2.92. The third-order valence-electron chi connectivity index (χ3n) is 4.26. The van der Waals surface area contributed by atoms with E-state index >= 15 is 0 Å². The van der Waals surface area contributed by atoms with Gasteiger partial charge >= 0.3 is 5.69 Å². The second kappa shape index (κ2) is 7.76. The van der Waals surface area contributed by atoms with E-state index < -0.39 is 11.2 Å². The Bertz CT molecular complexity index is 1090. The first-order chi connectivity index (χ1) is 12.8. The van der Waals surface area contributed by atoms with Crippen LogP contribution in [0.25, 0.3) is 11.3 Å². The van der Waals surface area contributed by atoms with Gasteiger partial charge in [0, 0.05) is 11.1 Å². The quantitative estimate of drug-likeness (QED) is 0.680. The van der Waals surface area contributed by atoms with Gasteiger partial charge < -0.3 is 0 Å². The molecular weight excluding hydrogens is 364 g/mol. The van der Waals surface area contributed by atoms with Gasteiger partial charge in [0.2, 0.25) is 0 Å². The molecule has 0 unspecified atom stereocenters. The number of nitrogens with zero attached hydrogens (tertiary/aromatic N) is 2. The van der Waals surface area contributed by atoms with Crippen LogP contribution in [0, 0.1) is 6.92 Å². The van der Waals surface area contributed by atoms with Crippen molar-refractivity contribution in [2.24, 2.45) is 0 Å². The molecule has 0 aliphatic rings. The zero-order valence-corrected chi connectivity index (χ0v) is 15.9. The van der Waals surface area contributed by atoms with Gasteiger partial charge in [-0.25, -0.2) is 4.79 Å². The molecule has 0 radical (unpaired) electrons. The molecule has 1 aromatic heterocycles. The number of aromatic nitrogens is 2. The minimum Gasteiger partial charge on any atom is -0.298 e. The summed E-state index contributed by atoms with van der Waals surface area (Å²) in [6.45, 7) is 3.38. The number of rotatable bonds is 5. The molecule has 0 aliphatic carbocycles. The minimum absolute atomic E-state index is 0.244. The van der Waals surface area contributed by atoms with Crippen LogP contribution in [0.2, 0.25) is 5.02 Å². The van der Waals surface area contributed by atoms with E-state index in [-0.39, 0.29) is 18.9 Å². The van der Waals surface area contributed by atoms with Crippen molar-refractivity contribution in [1.82, 2.24) is 9.13 Å². The van der Waals surface area contributed by atoms with Crippen LogP contribution in [0.1, 0.15) is 18.1 Å². The van der Waals surface area contributed by atoms with Crippen LogP contribution in [0.4, 0.5) is 0 Å². The first kappa shape index (κ1) is 18.9. The summed E-state index contributed by atoms with van der Waals surface area (Å²) in [7, 11) is 0. The van der Waals surface area contributed by atoms with E-state index in [0.717, 1.165) is 15.7 Å². The summed E-state index contributed by atoms with van der Waals surface area (Å²) in [6.07, 6.45) is 0. The summed E-state index contributed by atoms with van der Waals surface area (Å²) in [5.74, 6) is -0.254. The number of Topliss-reactive ketones (excluding diaryl/α,β-unsaturated/α-hetero) is 1. The highest BCUT2D eigenvalue weighted by molar-refractivity contribution is 6.30. The lowest BCUT2D eigenvalue weighted by Crippen LogP contribution is -2.41. The molecule has 3 rings (SSSR count). The van der Waals surface area contributed by atoms with Crippen LogP contribution in [0.3, 0.4) is 0 Å². The van der Waals surface area contributed by atoms with Crippen LogP contribution in [0.5, 0.6) is 0 Å². The second-order valence-electron chi connectivity index (χ2n) is 6.52. The topological polar surface area (TPSA) is 61.1 Å². The van der Waals surface area contributed by atoms with Crippen molar-refractivity contribution in [2.45, 2.75) is 26.9 Å². The first-order valence-electron chi connectivity index (χ1n) is 8.51. The van der Waals surface area contributed by atoms with Crippen molar-refractivity contribution in [3.05, 3.63) is 91.6 Å². The molecular formula is C21H19ClN2O3. The van der Waals surface area contributed by atoms with Crippen molar-refractivity contribution >= 4 is 17.4 Å². The Labute approximate surface area is 161 Å². The smallest absolute Gasteiger partial charge is 0.298 e. The normalized spacial score (nSPS) is 10.8. The van der Waals surface area contributed by atoms with E-state index in [0.29, 0.717) is 16.3 Å². The van der Waals surface area contributed by atoms with E-state index in [1.54, 1.807) is 24.3 Å². The van der Waals surface area contributed by atoms with Gasteiger partial charge in [-0.3, -0.25) is 18.7 Å². The average Bonchev–Trinajstić information content (AvgIpc) is 2.63. The maximum Gasteiger partial charge on any atom is 0.332 e. The molecule has 0 amide bonds. The molecule has 0 atom stereocenters. The fraction of sp³-hybridized carbons (Fsp3) is 0.190. The van der Waals surface area contributed by atoms with Crippen LogP contribution < -0.4 is 11.2 Å². The van der Waals surface area contributed by atoms with Crippen molar-refractivity contribution < 1.29 is 4.79 Å². The monoisotopic (exact) mass is 382 g/mol. The number of hydrogen-bond acceptors (Lipinski definition) is 3. The number of carbonyl (C=O) groups excluding carboxylic acids is 1. The van der Waals surface area contributed by atoms with Crippen molar-refractivity contribution in [3.63, 3.8) is 0 Å². The molecule has 27 heavy (non-hydrogen) atoms. The van der Waals surface area contributed by atoms with Gasteiger partial charge in [0.05, 0.1) is 18.8 Å². The number of hydrogen-bond donors (Lipinski definition) is 0. The molecule has 2 aromatic carbocycles. The fourth-order valence-electron chi connectivity index (χ4n) is 2.87. The third kappa shape index (κ3) is 4.26. The number of aryl methyl sites for hydroxylation is 1. The Morgan fingerprint density at radius 3 is 2.19 bits per heavy atom. The Morgan fingerprint density at radius 1 is 0.963 bits per heavy atom. The molecule has 1 heterocycles. The standard InChI is InChI=1S/C21H19ClN2O3/c1-14-3-5-16(6-4-14)13-23-19(17-7-9-18(22)10-8-17)11-20(26)24(21(23)27)12-15(2)25/h3-11H,12-13H2,1-2H3. The molecule has 0 saturated heterocycles.